The molecule has 0 radical (unpaired) electrons. The highest BCUT2D eigenvalue weighted by Crippen LogP contribution is 2.27. The van der Waals surface area contributed by atoms with Crippen molar-refractivity contribution in [2.45, 2.75) is 0 Å². The number of piperazine rings is 1. The van der Waals surface area contributed by atoms with E-state index in [1.165, 1.54) is 18.3 Å². The van der Waals surface area contributed by atoms with Gasteiger partial charge in [0.1, 0.15) is 6.29 Å². The molecule has 0 unspecified atom stereocenters. The summed E-state index contributed by atoms with van der Waals surface area (Å²) < 4.78 is 0. The summed E-state index contributed by atoms with van der Waals surface area (Å²) in [6, 6.07) is 19.5. The minimum atomic E-state index is -1.16. The Labute approximate surface area is 248 Å². The van der Waals surface area contributed by atoms with Gasteiger partial charge in [0, 0.05) is 43.3 Å². The van der Waals surface area contributed by atoms with E-state index < -0.39 is 23.7 Å². The van der Waals surface area contributed by atoms with Crippen molar-refractivity contribution in [1.29, 1.82) is 0 Å². The number of nitrogens with one attached hydrogen (secondary N) is 3. The molecular formula is C32H31N5O6. The number of rotatable bonds is 6. The number of hydrogen-bond donors (Lipinski definition) is 4. The monoisotopic (exact) mass is 581 g/mol. The molecule has 1 aliphatic heterocycles. The van der Waals surface area contributed by atoms with Gasteiger partial charge in [0.05, 0.1) is 28.0 Å². The predicted octanol–water partition coefficient (Wildman–Crippen LogP) is 4.22. The molecule has 4 aromatic rings. The number of carbonyl (C=O) groups excluding carboxylic acids is 4. The van der Waals surface area contributed by atoms with Crippen molar-refractivity contribution in [2.24, 2.45) is 0 Å². The maximum Gasteiger partial charge on any atom is 0.337 e. The number of carboxylic acid groups (broad SMARTS) is 1. The molecule has 0 atom stereocenters. The van der Waals surface area contributed by atoms with Crippen LogP contribution in [0, 0.1) is 12.8 Å². The van der Waals surface area contributed by atoms with E-state index in [0.717, 1.165) is 11.8 Å². The summed E-state index contributed by atoms with van der Waals surface area (Å²) in [5, 5.41) is 15.0. The molecule has 0 saturated carbocycles. The number of para-hydroxylation sites is 2. The average Bonchev–Trinajstić information content (AvgIpc) is 3.48. The Bertz CT molecular complexity index is 1620. The highest BCUT2D eigenvalue weighted by molar-refractivity contribution is 6.45. The molecule has 43 heavy (non-hydrogen) atoms. The van der Waals surface area contributed by atoms with Crippen LogP contribution in [0.5, 0.6) is 0 Å². The lowest BCUT2D eigenvalue weighted by molar-refractivity contribution is -0.127. The van der Waals surface area contributed by atoms with Crippen LogP contribution >= 0.6 is 0 Å². The van der Waals surface area contributed by atoms with E-state index in [4.69, 9.17) is 0 Å². The van der Waals surface area contributed by atoms with E-state index >= 15 is 0 Å². The van der Waals surface area contributed by atoms with E-state index in [1.807, 2.05) is 25.2 Å². The lowest BCUT2D eigenvalue weighted by Gasteiger charge is -2.31. The second kappa shape index (κ2) is 15.3. The van der Waals surface area contributed by atoms with E-state index in [9.17, 15) is 29.1 Å². The number of benzene rings is 3. The number of terminal acetylenes is 1. The molecule has 4 N–H and O–H groups in total. The van der Waals surface area contributed by atoms with Crippen molar-refractivity contribution in [3.05, 3.63) is 95.7 Å². The number of aromatic nitrogens is 1. The van der Waals surface area contributed by atoms with E-state index in [0.29, 0.717) is 42.8 Å². The lowest BCUT2D eigenvalue weighted by Crippen LogP contribution is -2.49. The van der Waals surface area contributed by atoms with Crippen LogP contribution in [-0.4, -0.2) is 83.1 Å². The van der Waals surface area contributed by atoms with Crippen LogP contribution in [0.1, 0.15) is 31.1 Å². The third-order valence-corrected chi connectivity index (χ3v) is 6.53. The van der Waals surface area contributed by atoms with Gasteiger partial charge in [0.25, 0.3) is 11.7 Å². The minimum Gasteiger partial charge on any atom is -0.478 e. The highest BCUT2D eigenvalue weighted by atomic mass is 16.4. The zero-order valence-electron chi connectivity index (χ0n) is 23.4. The Morgan fingerprint density at radius 3 is 2.05 bits per heavy atom. The smallest absolute Gasteiger partial charge is 0.337 e. The number of amides is 3. The zero-order chi connectivity index (χ0) is 31.4. The number of hydrogen-bond acceptors (Lipinski definition) is 6. The van der Waals surface area contributed by atoms with E-state index in [-0.39, 0.29) is 16.8 Å². The number of aldehydes is 1. The molecular weight excluding hydrogens is 550 g/mol. The standard InChI is InChI=1S/C23H23N5O5.C7H6O.C2H2/c1-27-9-11-28(12-10-27)21(30)20(29)16-13-24-19-14(16)6-4-8-18(19)26-23(33)25-17-7-3-2-5-15(17)22(31)32;8-6-7-4-2-1-3-5-7;1-2/h2-8,13,24H,9-12H2,1H3,(H,31,32)(H2,25,26,33);1-6H;1-2H. The van der Waals surface area contributed by atoms with Gasteiger partial charge in [-0.2, -0.15) is 0 Å². The van der Waals surface area contributed by atoms with Crippen molar-refractivity contribution in [2.75, 3.05) is 43.9 Å². The van der Waals surface area contributed by atoms with Gasteiger partial charge in [-0.25, -0.2) is 9.59 Å². The highest BCUT2D eigenvalue weighted by Gasteiger charge is 2.28. The maximum absolute atomic E-state index is 12.9. The van der Waals surface area contributed by atoms with Crippen LogP contribution in [0.2, 0.25) is 0 Å². The van der Waals surface area contributed by atoms with Crippen molar-refractivity contribution < 1.29 is 29.1 Å². The number of ketones is 1. The van der Waals surface area contributed by atoms with Gasteiger partial charge in [-0.3, -0.25) is 14.4 Å². The summed E-state index contributed by atoms with van der Waals surface area (Å²) in [6.07, 6.45) is 10.3. The van der Waals surface area contributed by atoms with Gasteiger partial charge in [0.15, 0.2) is 0 Å². The van der Waals surface area contributed by atoms with Gasteiger partial charge in [-0.05, 0) is 25.2 Å². The molecule has 1 aromatic heterocycles. The second-order valence-electron chi connectivity index (χ2n) is 9.31. The fourth-order valence-corrected chi connectivity index (χ4v) is 4.30. The number of H-pyrrole nitrogens is 1. The van der Waals surface area contributed by atoms with Gasteiger partial charge >= 0.3 is 12.0 Å². The summed E-state index contributed by atoms with van der Waals surface area (Å²) >= 11 is 0. The fraction of sp³-hybridized carbons (Fsp3) is 0.156. The summed E-state index contributed by atoms with van der Waals surface area (Å²) in [5.74, 6) is -2.32. The molecule has 220 valence electrons. The number of Topliss-reactive ketones (excluding diaryl/α,β-unsaturated/α-hetero) is 1. The molecule has 1 fully saturated rings. The average molecular weight is 582 g/mol. The Balaban J connectivity index is 0.000000433. The first kappa shape index (κ1) is 31.8. The first-order valence-corrected chi connectivity index (χ1v) is 13.1. The maximum atomic E-state index is 12.9. The second-order valence-corrected chi connectivity index (χ2v) is 9.31. The largest absolute Gasteiger partial charge is 0.478 e. The van der Waals surface area contributed by atoms with Gasteiger partial charge in [-0.1, -0.05) is 54.6 Å². The van der Waals surface area contributed by atoms with E-state index in [2.05, 4.69) is 33.4 Å². The van der Waals surface area contributed by atoms with Crippen LogP contribution in [0.3, 0.4) is 0 Å². The molecule has 11 nitrogen and oxygen atoms in total. The van der Waals surface area contributed by atoms with Gasteiger partial charge < -0.3 is 30.5 Å². The Morgan fingerprint density at radius 1 is 0.814 bits per heavy atom. The van der Waals surface area contributed by atoms with Crippen LogP contribution in [0.15, 0.2) is 79.0 Å². The molecule has 2 heterocycles. The number of nitrogens with zero attached hydrogens (tertiary/aromatic N) is 2. The number of anilines is 2. The Hall–Kier alpha value is -5.73. The number of likely N-dealkylation sites (N-methyl/N-ethyl adjacent to an activating group) is 1. The molecule has 3 amide bonds. The van der Waals surface area contributed by atoms with Crippen LogP contribution in [0.4, 0.5) is 16.2 Å². The van der Waals surface area contributed by atoms with E-state index in [1.54, 1.807) is 47.4 Å². The van der Waals surface area contributed by atoms with Crippen molar-refractivity contribution >= 4 is 52.3 Å². The normalized spacial score (nSPS) is 12.5. The summed E-state index contributed by atoms with van der Waals surface area (Å²) in [7, 11) is 1.97. The number of carbonyl (C=O) groups is 5. The molecule has 5 rings (SSSR count). The minimum absolute atomic E-state index is 0.0407. The SMILES string of the molecule is C#C.CN1CCN(C(=O)C(=O)c2c[nH]c3c(NC(=O)Nc4ccccc4C(=O)O)cccc23)CC1.O=Cc1ccccc1. The molecule has 0 aliphatic carbocycles. The predicted molar refractivity (Wildman–Crippen MR) is 164 cm³/mol. The van der Waals surface area contributed by atoms with Crippen molar-refractivity contribution in [3.8, 4) is 12.8 Å². The first-order valence-electron chi connectivity index (χ1n) is 13.1. The third-order valence-electron chi connectivity index (χ3n) is 6.53. The zero-order valence-corrected chi connectivity index (χ0v) is 23.4. The molecule has 11 heteroatoms. The quantitative estimate of drug-likeness (QED) is 0.115. The van der Waals surface area contributed by atoms with Crippen molar-refractivity contribution in [1.82, 2.24) is 14.8 Å². The Morgan fingerprint density at radius 2 is 1.42 bits per heavy atom. The number of aromatic carboxylic acids is 1. The van der Waals surface area contributed by atoms with Crippen LogP contribution < -0.4 is 10.6 Å². The molecule has 0 bridgehead atoms. The number of urea groups is 1. The topological polar surface area (TPSA) is 152 Å². The molecule has 3 aromatic carbocycles. The first-order chi connectivity index (χ1) is 20.8. The van der Waals surface area contributed by atoms with Crippen LogP contribution in [-0.2, 0) is 4.79 Å². The van der Waals surface area contributed by atoms with Gasteiger partial charge in [0.2, 0.25) is 0 Å². The van der Waals surface area contributed by atoms with Crippen molar-refractivity contribution in [3.63, 3.8) is 0 Å². The summed E-state index contributed by atoms with van der Waals surface area (Å²) in [5.41, 5.74) is 1.93. The number of fused-ring (bicyclic) bond motifs is 1. The third kappa shape index (κ3) is 8.16. The summed E-state index contributed by atoms with van der Waals surface area (Å²) in [6.45, 7) is 2.41. The Kier molecular flexibility index (Phi) is 11.3. The molecule has 1 saturated heterocycles. The molecule has 1 aliphatic rings. The molecule has 0 spiro atoms. The number of carboxylic acids is 1. The fourth-order valence-electron chi connectivity index (χ4n) is 4.30. The van der Waals surface area contributed by atoms with Gasteiger partial charge in [-0.15, -0.1) is 12.8 Å². The number of aromatic amines is 1. The summed E-state index contributed by atoms with van der Waals surface area (Å²) in [4.78, 5) is 66.1. The van der Waals surface area contributed by atoms with Crippen LogP contribution in [0.25, 0.3) is 10.9 Å². The lowest BCUT2D eigenvalue weighted by atomic mass is 10.1.